The maximum atomic E-state index is 13.6. The number of hydrogen-bond donors (Lipinski definition) is 1. The highest BCUT2D eigenvalue weighted by Gasteiger charge is 2.38. The summed E-state index contributed by atoms with van der Waals surface area (Å²) in [6, 6.07) is 3.19. The molecule has 2 amide bonds. The summed E-state index contributed by atoms with van der Waals surface area (Å²) in [5, 5.41) is 2.53. The molecular weight excluding hydrogens is 467 g/mol. The monoisotopic (exact) mass is 491 g/mol. The molecule has 186 valence electrons. The summed E-state index contributed by atoms with van der Waals surface area (Å²) in [6.07, 6.45) is -9.97. The lowest BCUT2D eigenvalue weighted by Gasteiger charge is -2.41. The maximum Gasteiger partial charge on any atom is 0.416 e. The average molecular weight is 491 g/mol. The minimum atomic E-state index is -4.98. The standard InChI is InChI=1S/C23H24F7N3O/c1-13-8-18(24)4-5-19(13)20-12-32(3)6-7-33(20)21(34)31-14(2)15-9-16(22(25,26)27)11-17(10-15)23(28,29)30/h4-5,8-11,14,20H,6-7,12H2,1-3H3,(H,31,34)/t14-,20-/m1/s1. The van der Waals surface area contributed by atoms with Crippen LogP contribution >= 0.6 is 0 Å². The van der Waals surface area contributed by atoms with Gasteiger partial charge in [0.15, 0.2) is 0 Å². The topological polar surface area (TPSA) is 35.6 Å². The molecule has 0 spiro atoms. The number of alkyl halides is 6. The summed E-state index contributed by atoms with van der Waals surface area (Å²) >= 11 is 0. The molecule has 2 aromatic carbocycles. The minimum absolute atomic E-state index is 0.0475. The van der Waals surface area contributed by atoms with Gasteiger partial charge in [-0.2, -0.15) is 26.3 Å². The summed E-state index contributed by atoms with van der Waals surface area (Å²) in [5.41, 5.74) is -1.89. The predicted octanol–water partition coefficient (Wildman–Crippen LogP) is 5.93. The van der Waals surface area contributed by atoms with Gasteiger partial charge in [0.2, 0.25) is 0 Å². The number of halogens is 7. The molecule has 1 heterocycles. The molecule has 1 aliphatic rings. The molecule has 11 heteroatoms. The van der Waals surface area contributed by atoms with Crippen molar-refractivity contribution in [3.8, 4) is 0 Å². The van der Waals surface area contributed by atoms with E-state index in [2.05, 4.69) is 5.32 Å². The van der Waals surface area contributed by atoms with E-state index in [1.165, 1.54) is 24.0 Å². The largest absolute Gasteiger partial charge is 0.416 e. The van der Waals surface area contributed by atoms with Crippen molar-refractivity contribution in [1.29, 1.82) is 0 Å². The third kappa shape index (κ3) is 5.81. The quantitative estimate of drug-likeness (QED) is 0.541. The molecule has 2 atom stereocenters. The van der Waals surface area contributed by atoms with E-state index in [0.29, 0.717) is 36.3 Å². The number of nitrogens with zero attached hydrogens (tertiary/aromatic N) is 2. The first-order chi connectivity index (χ1) is 15.7. The third-order valence-electron chi connectivity index (χ3n) is 5.89. The van der Waals surface area contributed by atoms with Crippen molar-refractivity contribution in [3.63, 3.8) is 0 Å². The van der Waals surface area contributed by atoms with Crippen molar-refractivity contribution >= 4 is 6.03 Å². The molecule has 1 fully saturated rings. The first kappa shape index (κ1) is 25.8. The molecule has 0 bridgehead atoms. The Balaban J connectivity index is 1.89. The molecule has 0 saturated carbocycles. The summed E-state index contributed by atoms with van der Waals surface area (Å²) in [6.45, 7) is 4.23. The number of likely N-dealkylation sites (N-methyl/N-ethyl adjacent to an activating group) is 1. The van der Waals surface area contributed by atoms with Crippen molar-refractivity contribution in [2.45, 2.75) is 38.3 Å². The molecule has 0 unspecified atom stereocenters. The number of benzene rings is 2. The molecule has 3 rings (SSSR count). The molecular formula is C23H24F7N3O. The van der Waals surface area contributed by atoms with Gasteiger partial charge >= 0.3 is 18.4 Å². The Morgan fingerprint density at radius 2 is 1.59 bits per heavy atom. The Morgan fingerprint density at radius 3 is 2.12 bits per heavy atom. The summed E-state index contributed by atoms with van der Waals surface area (Å²) < 4.78 is 92.8. The Morgan fingerprint density at radius 1 is 1.00 bits per heavy atom. The number of rotatable bonds is 3. The Hall–Kier alpha value is -2.82. The van der Waals surface area contributed by atoms with Crippen molar-refractivity contribution in [3.05, 3.63) is 70.0 Å². The van der Waals surface area contributed by atoms with E-state index in [9.17, 15) is 35.5 Å². The van der Waals surface area contributed by atoms with Crippen molar-refractivity contribution in [2.75, 3.05) is 26.7 Å². The van der Waals surface area contributed by atoms with Crippen molar-refractivity contribution < 1.29 is 35.5 Å². The minimum Gasteiger partial charge on any atom is -0.331 e. The lowest BCUT2D eigenvalue weighted by atomic mass is 9.97. The van der Waals surface area contributed by atoms with Crippen LogP contribution in [-0.4, -0.2) is 42.5 Å². The number of carbonyl (C=O) groups is 1. The number of nitrogens with one attached hydrogen (secondary N) is 1. The Labute approximate surface area is 192 Å². The third-order valence-corrected chi connectivity index (χ3v) is 5.89. The fourth-order valence-electron chi connectivity index (χ4n) is 4.02. The molecule has 1 saturated heterocycles. The average Bonchev–Trinajstić information content (AvgIpc) is 2.72. The molecule has 1 N–H and O–H groups in total. The predicted molar refractivity (Wildman–Crippen MR) is 111 cm³/mol. The van der Waals surface area contributed by atoms with Crippen LogP contribution in [0.1, 0.15) is 46.8 Å². The van der Waals surface area contributed by atoms with E-state index in [4.69, 9.17) is 0 Å². The van der Waals surface area contributed by atoms with Gasteiger partial charge in [-0.05, 0) is 67.9 Å². The SMILES string of the molecule is Cc1cc(F)ccc1[C@H]1CN(C)CCN1C(=O)N[C@H](C)c1cc(C(F)(F)F)cc(C(F)(F)F)c1. The van der Waals surface area contributed by atoms with Crippen LogP contribution in [0.15, 0.2) is 36.4 Å². The number of urea groups is 1. The van der Waals surface area contributed by atoms with Crippen LogP contribution in [0.4, 0.5) is 35.5 Å². The van der Waals surface area contributed by atoms with Crippen LogP contribution < -0.4 is 5.32 Å². The maximum absolute atomic E-state index is 13.6. The second-order valence-electron chi connectivity index (χ2n) is 8.48. The molecule has 0 radical (unpaired) electrons. The zero-order chi connectivity index (χ0) is 25.4. The first-order valence-corrected chi connectivity index (χ1v) is 10.5. The summed E-state index contributed by atoms with van der Waals surface area (Å²) in [5.74, 6) is -0.431. The van der Waals surface area contributed by atoms with E-state index in [0.717, 1.165) is 0 Å². The van der Waals surface area contributed by atoms with Gasteiger partial charge < -0.3 is 15.1 Å². The molecule has 4 nitrogen and oxygen atoms in total. The summed E-state index contributed by atoms with van der Waals surface area (Å²) in [7, 11) is 1.85. The van der Waals surface area contributed by atoms with Gasteiger partial charge in [-0.1, -0.05) is 6.07 Å². The molecule has 34 heavy (non-hydrogen) atoms. The highest BCUT2D eigenvalue weighted by atomic mass is 19.4. The van der Waals surface area contributed by atoms with E-state index in [-0.39, 0.29) is 18.2 Å². The lowest BCUT2D eigenvalue weighted by molar-refractivity contribution is -0.143. The number of piperazine rings is 1. The van der Waals surface area contributed by atoms with Gasteiger partial charge in [-0.15, -0.1) is 0 Å². The van der Waals surface area contributed by atoms with Crippen LogP contribution in [0.5, 0.6) is 0 Å². The highest BCUT2D eigenvalue weighted by Crippen LogP contribution is 2.37. The first-order valence-electron chi connectivity index (χ1n) is 10.5. The van der Waals surface area contributed by atoms with E-state index >= 15 is 0 Å². The fourth-order valence-corrected chi connectivity index (χ4v) is 4.02. The number of carbonyl (C=O) groups excluding carboxylic acids is 1. The van der Waals surface area contributed by atoms with Crippen LogP contribution in [0, 0.1) is 12.7 Å². The smallest absolute Gasteiger partial charge is 0.331 e. The van der Waals surface area contributed by atoms with Crippen molar-refractivity contribution in [2.24, 2.45) is 0 Å². The Kier molecular flexibility index (Phi) is 7.16. The normalized spacial score (nSPS) is 18.6. The van der Waals surface area contributed by atoms with Crippen molar-refractivity contribution in [1.82, 2.24) is 15.1 Å². The van der Waals surface area contributed by atoms with Crippen LogP contribution in [-0.2, 0) is 12.4 Å². The number of aryl methyl sites for hydroxylation is 1. The second kappa shape index (κ2) is 9.44. The van der Waals surface area contributed by atoms with Gasteiger partial charge in [0.25, 0.3) is 0 Å². The van der Waals surface area contributed by atoms with Gasteiger partial charge in [0, 0.05) is 19.6 Å². The molecule has 2 aromatic rings. The Bertz CT molecular complexity index is 1020. The lowest BCUT2D eigenvalue weighted by Crippen LogP contribution is -2.52. The van der Waals surface area contributed by atoms with Crippen LogP contribution in [0.2, 0.25) is 0 Å². The van der Waals surface area contributed by atoms with Crippen LogP contribution in [0.3, 0.4) is 0 Å². The van der Waals surface area contributed by atoms with E-state index in [1.807, 2.05) is 11.9 Å². The molecule has 0 aromatic heterocycles. The molecule has 0 aliphatic carbocycles. The number of hydrogen-bond acceptors (Lipinski definition) is 2. The zero-order valence-electron chi connectivity index (χ0n) is 18.7. The summed E-state index contributed by atoms with van der Waals surface area (Å²) in [4.78, 5) is 16.5. The van der Waals surface area contributed by atoms with Gasteiger partial charge in [0.1, 0.15) is 5.82 Å². The fraction of sp³-hybridized carbons (Fsp3) is 0.435. The second-order valence-corrected chi connectivity index (χ2v) is 8.48. The van der Waals surface area contributed by atoms with E-state index in [1.54, 1.807) is 13.0 Å². The van der Waals surface area contributed by atoms with Gasteiger partial charge in [-0.25, -0.2) is 9.18 Å². The van der Waals surface area contributed by atoms with Crippen LogP contribution in [0.25, 0.3) is 0 Å². The number of amides is 2. The highest BCUT2D eigenvalue weighted by molar-refractivity contribution is 5.75. The molecule has 1 aliphatic heterocycles. The van der Waals surface area contributed by atoms with E-state index < -0.39 is 47.4 Å². The van der Waals surface area contributed by atoms with Gasteiger partial charge in [-0.3, -0.25) is 0 Å². The zero-order valence-corrected chi connectivity index (χ0v) is 18.7. The van der Waals surface area contributed by atoms with Gasteiger partial charge in [0.05, 0.1) is 23.2 Å².